The van der Waals surface area contributed by atoms with Gasteiger partial charge >= 0.3 is 0 Å². The van der Waals surface area contributed by atoms with Gasteiger partial charge in [0.2, 0.25) is 0 Å². The molecule has 0 aliphatic rings. The summed E-state index contributed by atoms with van der Waals surface area (Å²) in [6.45, 7) is 11.5. The first-order valence-corrected chi connectivity index (χ1v) is 7.24. The molecule has 15 heavy (non-hydrogen) atoms. The lowest BCUT2D eigenvalue weighted by molar-refractivity contribution is 0.247. The lowest BCUT2D eigenvalue weighted by Gasteiger charge is -2.28. The fourth-order valence-electron chi connectivity index (χ4n) is 1.40. The molecule has 0 spiro atoms. The zero-order valence-electron chi connectivity index (χ0n) is 10.3. The van der Waals surface area contributed by atoms with Gasteiger partial charge in [0, 0.05) is 14.6 Å². The molecule has 2 heteroatoms. The molecule has 0 saturated heterocycles. The lowest BCUT2D eigenvalue weighted by atomic mass is 9.79. The number of rotatable bonds is 3. The molecular weight excluding hydrogens is 268 g/mol. The van der Waals surface area contributed by atoms with Gasteiger partial charge in [0.05, 0.1) is 0 Å². The van der Waals surface area contributed by atoms with E-state index in [1.54, 1.807) is 0 Å². The highest BCUT2D eigenvalue weighted by molar-refractivity contribution is 9.09. The van der Waals surface area contributed by atoms with Gasteiger partial charge in [-0.15, -0.1) is 11.3 Å². The van der Waals surface area contributed by atoms with E-state index in [0.717, 1.165) is 5.92 Å². The Kier molecular flexibility index (Phi) is 4.42. The van der Waals surface area contributed by atoms with Crippen molar-refractivity contribution in [1.82, 2.24) is 0 Å². The molecule has 1 aromatic rings. The van der Waals surface area contributed by atoms with Gasteiger partial charge in [0.1, 0.15) is 0 Å². The second kappa shape index (κ2) is 5.01. The van der Waals surface area contributed by atoms with Crippen molar-refractivity contribution in [3.8, 4) is 0 Å². The Morgan fingerprint density at radius 1 is 1.33 bits per heavy atom. The first-order chi connectivity index (χ1) is 6.80. The summed E-state index contributed by atoms with van der Waals surface area (Å²) >= 11 is 5.70. The van der Waals surface area contributed by atoms with E-state index in [0.29, 0.717) is 10.2 Å². The van der Waals surface area contributed by atoms with Gasteiger partial charge in [-0.3, -0.25) is 0 Å². The average Bonchev–Trinajstić information content (AvgIpc) is 2.50. The van der Waals surface area contributed by atoms with E-state index in [2.05, 4.69) is 62.7 Å². The fraction of sp³-hybridized carbons (Fsp3) is 0.692. The fourth-order valence-corrected chi connectivity index (χ4v) is 3.26. The van der Waals surface area contributed by atoms with Crippen molar-refractivity contribution in [3.05, 3.63) is 21.9 Å². The third-order valence-corrected chi connectivity index (χ3v) is 5.39. The van der Waals surface area contributed by atoms with Gasteiger partial charge < -0.3 is 0 Å². The molecule has 0 saturated carbocycles. The van der Waals surface area contributed by atoms with Crippen LogP contribution in [0.2, 0.25) is 0 Å². The molecule has 2 atom stereocenters. The number of alkyl halides is 1. The molecule has 0 radical (unpaired) electrons. The summed E-state index contributed by atoms with van der Waals surface area (Å²) in [6.07, 6.45) is 1.21. The number of thiophene rings is 1. The van der Waals surface area contributed by atoms with Crippen molar-refractivity contribution >= 4 is 27.3 Å². The second-order valence-corrected chi connectivity index (χ2v) is 7.84. The van der Waals surface area contributed by atoms with Gasteiger partial charge in [0.15, 0.2) is 0 Å². The maximum atomic E-state index is 3.80. The van der Waals surface area contributed by atoms with Crippen LogP contribution in [0.3, 0.4) is 0 Å². The summed E-state index contributed by atoms with van der Waals surface area (Å²) in [5.41, 5.74) is 0.401. The smallest absolute Gasteiger partial charge is 0.0492 e. The summed E-state index contributed by atoms with van der Waals surface area (Å²) in [5, 5.41) is 0. The van der Waals surface area contributed by atoms with E-state index in [1.165, 1.54) is 16.2 Å². The van der Waals surface area contributed by atoms with Gasteiger partial charge in [-0.2, -0.15) is 0 Å². The summed E-state index contributed by atoms with van der Waals surface area (Å²) in [6, 6.07) is 4.45. The van der Waals surface area contributed by atoms with E-state index >= 15 is 0 Å². The summed E-state index contributed by atoms with van der Waals surface area (Å²) in [7, 11) is 0. The summed E-state index contributed by atoms with van der Waals surface area (Å²) in [5.74, 6) is 0.726. The predicted octanol–water partition coefficient (Wildman–Crippen LogP) is 5.56. The third kappa shape index (κ3) is 3.92. The van der Waals surface area contributed by atoms with Crippen LogP contribution in [0, 0.1) is 18.3 Å². The SMILES string of the molecule is Cc1ccc(C(Br)CC(C)C(C)(C)C)s1. The highest BCUT2D eigenvalue weighted by atomic mass is 79.9. The van der Waals surface area contributed by atoms with E-state index in [9.17, 15) is 0 Å². The molecule has 0 aromatic carbocycles. The monoisotopic (exact) mass is 288 g/mol. The minimum absolute atomic E-state index is 0.401. The van der Waals surface area contributed by atoms with Crippen molar-refractivity contribution in [3.63, 3.8) is 0 Å². The highest BCUT2D eigenvalue weighted by Crippen LogP contribution is 2.39. The molecule has 0 nitrogen and oxygen atoms in total. The molecule has 0 bridgehead atoms. The Morgan fingerprint density at radius 2 is 1.93 bits per heavy atom. The number of aryl methyl sites for hydroxylation is 1. The lowest BCUT2D eigenvalue weighted by Crippen LogP contribution is -2.18. The van der Waals surface area contributed by atoms with Crippen LogP contribution in [0.5, 0.6) is 0 Å². The zero-order chi connectivity index (χ0) is 11.6. The minimum Gasteiger partial charge on any atom is -0.145 e. The van der Waals surface area contributed by atoms with E-state index < -0.39 is 0 Å². The van der Waals surface area contributed by atoms with Gasteiger partial charge in [0.25, 0.3) is 0 Å². The first-order valence-electron chi connectivity index (χ1n) is 5.51. The van der Waals surface area contributed by atoms with Crippen LogP contribution in [-0.4, -0.2) is 0 Å². The third-order valence-electron chi connectivity index (χ3n) is 3.11. The van der Waals surface area contributed by atoms with E-state index in [1.807, 2.05) is 11.3 Å². The van der Waals surface area contributed by atoms with Crippen molar-refractivity contribution in [1.29, 1.82) is 0 Å². The van der Waals surface area contributed by atoms with Crippen molar-refractivity contribution in [2.45, 2.75) is 45.9 Å². The Morgan fingerprint density at radius 3 is 2.33 bits per heavy atom. The average molecular weight is 289 g/mol. The van der Waals surface area contributed by atoms with Crippen LogP contribution >= 0.6 is 27.3 Å². The number of halogens is 1. The summed E-state index contributed by atoms with van der Waals surface area (Å²) in [4.78, 5) is 3.38. The number of hydrogen-bond acceptors (Lipinski definition) is 1. The maximum absolute atomic E-state index is 3.80. The van der Waals surface area contributed by atoms with Crippen LogP contribution in [0.25, 0.3) is 0 Å². The van der Waals surface area contributed by atoms with Crippen molar-refractivity contribution in [2.24, 2.45) is 11.3 Å². The van der Waals surface area contributed by atoms with Crippen LogP contribution in [0.15, 0.2) is 12.1 Å². The molecular formula is C13H21BrS. The van der Waals surface area contributed by atoms with Crippen LogP contribution < -0.4 is 0 Å². The molecule has 0 fully saturated rings. The van der Waals surface area contributed by atoms with Crippen LogP contribution in [-0.2, 0) is 0 Å². The summed E-state index contributed by atoms with van der Waals surface area (Å²) < 4.78 is 0. The molecule has 0 N–H and O–H groups in total. The first kappa shape index (κ1) is 13.2. The Bertz CT molecular complexity index is 309. The van der Waals surface area contributed by atoms with Gasteiger partial charge in [-0.05, 0) is 36.8 Å². The molecule has 0 amide bonds. The van der Waals surface area contributed by atoms with Crippen molar-refractivity contribution < 1.29 is 0 Å². The standard InChI is InChI=1S/C13H21BrS/c1-9(13(3,4)5)8-11(14)12-7-6-10(2)15-12/h6-7,9,11H,8H2,1-5H3. The maximum Gasteiger partial charge on any atom is 0.0492 e. The Hall–Kier alpha value is 0.180. The Labute approximate surface area is 106 Å². The largest absolute Gasteiger partial charge is 0.145 e. The quantitative estimate of drug-likeness (QED) is 0.639. The molecule has 2 unspecified atom stereocenters. The minimum atomic E-state index is 0.401. The Balaban J connectivity index is 2.60. The molecule has 0 aliphatic heterocycles. The number of hydrogen-bond donors (Lipinski definition) is 0. The van der Waals surface area contributed by atoms with E-state index in [-0.39, 0.29) is 0 Å². The molecule has 1 aromatic heterocycles. The van der Waals surface area contributed by atoms with Crippen molar-refractivity contribution in [2.75, 3.05) is 0 Å². The second-order valence-electron chi connectivity index (χ2n) is 5.42. The van der Waals surface area contributed by atoms with Gasteiger partial charge in [-0.25, -0.2) is 0 Å². The molecule has 1 rings (SSSR count). The predicted molar refractivity (Wildman–Crippen MR) is 74.0 cm³/mol. The zero-order valence-corrected chi connectivity index (χ0v) is 12.7. The molecule has 0 aliphatic carbocycles. The van der Waals surface area contributed by atoms with Crippen LogP contribution in [0.1, 0.15) is 48.7 Å². The van der Waals surface area contributed by atoms with Crippen LogP contribution in [0.4, 0.5) is 0 Å². The highest BCUT2D eigenvalue weighted by Gasteiger charge is 2.23. The molecule has 1 heterocycles. The normalized spacial score (nSPS) is 16.4. The van der Waals surface area contributed by atoms with E-state index in [4.69, 9.17) is 0 Å². The molecule has 86 valence electrons. The topological polar surface area (TPSA) is 0 Å². The van der Waals surface area contributed by atoms with Gasteiger partial charge in [-0.1, -0.05) is 43.6 Å².